The molecule has 0 aliphatic heterocycles. The van der Waals surface area contributed by atoms with Crippen LogP contribution in [-0.2, 0) is 17.6 Å². The van der Waals surface area contributed by atoms with Gasteiger partial charge in [0.25, 0.3) is 0 Å². The Bertz CT molecular complexity index is 1130. The van der Waals surface area contributed by atoms with Crippen molar-refractivity contribution in [1.29, 1.82) is 0 Å². The van der Waals surface area contributed by atoms with E-state index >= 15 is 0 Å². The third-order valence-electron chi connectivity index (χ3n) is 4.86. The van der Waals surface area contributed by atoms with Gasteiger partial charge in [-0.05, 0) is 59.5 Å². The van der Waals surface area contributed by atoms with E-state index < -0.39 is 17.7 Å². The molecule has 0 aromatic heterocycles. The van der Waals surface area contributed by atoms with Crippen LogP contribution in [0.3, 0.4) is 0 Å². The topological polar surface area (TPSA) is 46.5 Å². The summed E-state index contributed by atoms with van der Waals surface area (Å²) in [5.74, 6) is 4.99. The quantitative estimate of drug-likeness (QED) is 0.352. The van der Waals surface area contributed by atoms with E-state index in [1.54, 1.807) is 31.2 Å². The number of carbonyl (C=O) groups is 1. The van der Waals surface area contributed by atoms with Gasteiger partial charge in [-0.1, -0.05) is 48.4 Å². The SMILES string of the molecule is CC#CC(CC(=O)O)c1ccc(OCc2cccc(-c3ccc(C(F)(F)F)cc3)c2)cc1.[NaH]. The molecule has 0 radical (unpaired) electrons. The molecule has 0 amide bonds. The normalized spacial score (nSPS) is 11.5. The molecule has 166 valence electrons. The summed E-state index contributed by atoms with van der Waals surface area (Å²) in [5, 5.41) is 9.05. The second kappa shape index (κ2) is 11.9. The molecular weight excluding hydrogens is 440 g/mol. The summed E-state index contributed by atoms with van der Waals surface area (Å²) in [6, 6.07) is 19.6. The van der Waals surface area contributed by atoms with Gasteiger partial charge in [0.15, 0.2) is 0 Å². The van der Waals surface area contributed by atoms with Crippen LogP contribution in [0.15, 0.2) is 72.8 Å². The fourth-order valence-electron chi connectivity index (χ4n) is 3.26. The Morgan fingerprint density at radius 3 is 2.24 bits per heavy atom. The van der Waals surface area contributed by atoms with E-state index in [0.29, 0.717) is 11.3 Å². The minimum absolute atomic E-state index is 0. The fraction of sp³-hybridized carbons (Fsp3) is 0.192. The molecule has 0 fully saturated rings. The molecule has 0 heterocycles. The van der Waals surface area contributed by atoms with Crippen LogP contribution in [0.2, 0.25) is 0 Å². The van der Waals surface area contributed by atoms with Crippen LogP contribution in [0.25, 0.3) is 11.1 Å². The third-order valence-corrected chi connectivity index (χ3v) is 4.86. The molecule has 0 saturated heterocycles. The number of aliphatic carboxylic acids is 1. The van der Waals surface area contributed by atoms with E-state index in [-0.39, 0.29) is 48.5 Å². The molecule has 1 unspecified atom stereocenters. The number of carboxylic acids is 1. The Hall–Kier alpha value is -2.72. The van der Waals surface area contributed by atoms with E-state index in [1.807, 2.05) is 24.3 Å². The molecule has 0 spiro atoms. The van der Waals surface area contributed by atoms with Gasteiger partial charge in [0.05, 0.1) is 17.9 Å². The van der Waals surface area contributed by atoms with Crippen molar-refractivity contribution in [2.45, 2.75) is 32.0 Å². The van der Waals surface area contributed by atoms with Crippen LogP contribution < -0.4 is 4.74 Å². The molecule has 3 aromatic rings. The summed E-state index contributed by atoms with van der Waals surface area (Å²) in [6.45, 7) is 1.95. The van der Waals surface area contributed by atoms with Gasteiger partial charge in [0, 0.05) is 0 Å². The summed E-state index contributed by atoms with van der Waals surface area (Å²) in [7, 11) is 0. The van der Waals surface area contributed by atoms with Gasteiger partial charge in [0.2, 0.25) is 0 Å². The number of benzene rings is 3. The number of ether oxygens (including phenoxy) is 1. The number of hydrogen-bond donors (Lipinski definition) is 1. The first-order valence-corrected chi connectivity index (χ1v) is 9.89. The molecule has 3 rings (SSSR count). The van der Waals surface area contributed by atoms with Crippen molar-refractivity contribution >= 4 is 35.5 Å². The fourth-order valence-corrected chi connectivity index (χ4v) is 3.26. The molecule has 0 aliphatic rings. The van der Waals surface area contributed by atoms with Gasteiger partial charge in [-0.2, -0.15) is 13.2 Å². The van der Waals surface area contributed by atoms with E-state index in [9.17, 15) is 18.0 Å². The Morgan fingerprint density at radius 2 is 1.67 bits per heavy atom. The molecule has 0 aliphatic carbocycles. The van der Waals surface area contributed by atoms with Crippen molar-refractivity contribution < 1.29 is 27.8 Å². The number of carboxylic acid groups (broad SMARTS) is 1. The molecule has 0 saturated carbocycles. The maximum atomic E-state index is 12.8. The van der Waals surface area contributed by atoms with Gasteiger partial charge < -0.3 is 9.84 Å². The zero-order valence-corrected chi connectivity index (χ0v) is 17.3. The van der Waals surface area contributed by atoms with Crippen LogP contribution in [-0.4, -0.2) is 40.6 Å². The van der Waals surface area contributed by atoms with Crippen molar-refractivity contribution in [2.75, 3.05) is 0 Å². The molecule has 3 nitrogen and oxygen atoms in total. The Morgan fingerprint density at radius 1 is 1.00 bits per heavy atom. The van der Waals surface area contributed by atoms with Crippen LogP contribution >= 0.6 is 0 Å². The van der Waals surface area contributed by atoms with Crippen LogP contribution in [0.1, 0.15) is 36.0 Å². The minimum atomic E-state index is -4.36. The summed E-state index contributed by atoms with van der Waals surface area (Å²) in [5.41, 5.74) is 2.47. The third kappa shape index (κ3) is 7.68. The van der Waals surface area contributed by atoms with E-state index in [0.717, 1.165) is 28.8 Å². The van der Waals surface area contributed by atoms with Gasteiger partial charge >= 0.3 is 41.7 Å². The monoisotopic (exact) mass is 462 g/mol. The van der Waals surface area contributed by atoms with Crippen molar-refractivity contribution in [2.24, 2.45) is 0 Å². The van der Waals surface area contributed by atoms with E-state index in [4.69, 9.17) is 9.84 Å². The number of halogens is 3. The zero-order chi connectivity index (χ0) is 23.1. The number of alkyl halides is 3. The van der Waals surface area contributed by atoms with Crippen molar-refractivity contribution in [3.05, 3.63) is 89.5 Å². The first kappa shape index (κ1) is 26.5. The Balaban J connectivity index is 0.00000385. The second-order valence-electron chi connectivity index (χ2n) is 7.18. The predicted molar refractivity (Wildman–Crippen MR) is 123 cm³/mol. The van der Waals surface area contributed by atoms with Crippen LogP contribution in [0.5, 0.6) is 5.75 Å². The first-order valence-electron chi connectivity index (χ1n) is 9.89. The maximum absolute atomic E-state index is 12.8. The molecule has 1 atom stereocenters. The molecule has 7 heteroatoms. The summed E-state index contributed by atoms with van der Waals surface area (Å²) >= 11 is 0. The number of rotatable bonds is 7. The average Bonchev–Trinajstić information content (AvgIpc) is 2.77. The molecule has 3 aromatic carbocycles. The summed E-state index contributed by atoms with van der Waals surface area (Å²) < 4.78 is 44.1. The van der Waals surface area contributed by atoms with Crippen molar-refractivity contribution in [3.8, 4) is 28.7 Å². The Labute approximate surface area is 212 Å². The predicted octanol–water partition coefficient (Wildman–Crippen LogP) is 5.88. The Kier molecular flexibility index (Phi) is 9.60. The van der Waals surface area contributed by atoms with Gasteiger partial charge in [0.1, 0.15) is 12.4 Å². The van der Waals surface area contributed by atoms with E-state index in [1.165, 1.54) is 12.1 Å². The first-order chi connectivity index (χ1) is 15.3. The van der Waals surface area contributed by atoms with Gasteiger partial charge in [-0.15, -0.1) is 5.92 Å². The van der Waals surface area contributed by atoms with Crippen LogP contribution in [0, 0.1) is 11.8 Å². The van der Waals surface area contributed by atoms with Crippen molar-refractivity contribution in [1.82, 2.24) is 0 Å². The van der Waals surface area contributed by atoms with E-state index in [2.05, 4.69) is 11.8 Å². The molecular formula is C26H22F3NaO3. The summed E-state index contributed by atoms with van der Waals surface area (Å²) in [6.07, 6.45) is -4.43. The molecule has 1 N–H and O–H groups in total. The number of hydrogen-bond acceptors (Lipinski definition) is 2. The van der Waals surface area contributed by atoms with Gasteiger partial charge in [-0.3, -0.25) is 4.79 Å². The molecule has 33 heavy (non-hydrogen) atoms. The molecule has 0 bridgehead atoms. The second-order valence-corrected chi connectivity index (χ2v) is 7.18. The van der Waals surface area contributed by atoms with Gasteiger partial charge in [-0.25, -0.2) is 0 Å². The zero-order valence-electron chi connectivity index (χ0n) is 17.3. The van der Waals surface area contributed by atoms with Crippen LogP contribution in [0.4, 0.5) is 13.2 Å². The summed E-state index contributed by atoms with van der Waals surface area (Å²) in [4.78, 5) is 11.0. The standard InChI is InChI=1S/C26H21F3O3.Na.H/c1-2-4-21(16-25(30)31)20-9-13-24(14-10-20)32-17-18-5-3-6-22(15-18)19-7-11-23(12-8-19)26(27,28)29;;/h3,5-15,21H,16-17H2,1H3,(H,30,31);;. The van der Waals surface area contributed by atoms with Crippen molar-refractivity contribution in [3.63, 3.8) is 0 Å². The average molecular weight is 462 g/mol.